The smallest absolute Gasteiger partial charge is 0.407 e. The Morgan fingerprint density at radius 2 is 2.00 bits per heavy atom. The van der Waals surface area contributed by atoms with Crippen LogP contribution in [0.15, 0.2) is 0 Å². The number of hydrogen-bond acceptors (Lipinski definition) is 3. The maximum Gasteiger partial charge on any atom is 0.407 e. The molecule has 0 bridgehead atoms. The molecule has 0 heterocycles. The average molecular weight is 256 g/mol. The first-order chi connectivity index (χ1) is 8.76. The first-order valence-electron chi connectivity index (χ1n) is 7.43. The van der Waals surface area contributed by atoms with E-state index in [0.717, 1.165) is 32.2 Å². The minimum absolute atomic E-state index is 0.251. The van der Waals surface area contributed by atoms with E-state index in [1.54, 1.807) is 0 Å². The van der Waals surface area contributed by atoms with E-state index in [9.17, 15) is 4.79 Å². The van der Waals surface area contributed by atoms with Crippen molar-refractivity contribution in [1.82, 2.24) is 10.6 Å². The zero-order valence-corrected chi connectivity index (χ0v) is 11.8. The van der Waals surface area contributed by atoms with Crippen molar-refractivity contribution in [3.05, 3.63) is 0 Å². The lowest BCUT2D eigenvalue weighted by molar-refractivity contribution is 0.126. The van der Waals surface area contributed by atoms with Crippen LogP contribution in [0.5, 0.6) is 0 Å². The molecule has 1 rings (SSSR count). The van der Waals surface area contributed by atoms with Crippen LogP contribution in [0, 0.1) is 0 Å². The van der Waals surface area contributed by atoms with Gasteiger partial charge in [-0.15, -0.1) is 0 Å². The highest BCUT2D eigenvalue weighted by molar-refractivity contribution is 5.67. The van der Waals surface area contributed by atoms with Crippen molar-refractivity contribution in [2.24, 2.45) is 0 Å². The fourth-order valence-corrected chi connectivity index (χ4v) is 2.30. The molecule has 1 aliphatic carbocycles. The van der Waals surface area contributed by atoms with Crippen LogP contribution in [-0.2, 0) is 4.74 Å². The molecule has 0 spiro atoms. The molecule has 0 aliphatic heterocycles. The Kier molecular flexibility index (Phi) is 7.81. The summed E-state index contributed by atoms with van der Waals surface area (Å²) in [4.78, 5) is 11.6. The average Bonchev–Trinajstić information content (AvgIpc) is 2.40. The summed E-state index contributed by atoms with van der Waals surface area (Å²) in [6.07, 6.45) is 7.77. The Morgan fingerprint density at radius 1 is 1.28 bits per heavy atom. The molecular weight excluding hydrogens is 228 g/mol. The molecule has 1 unspecified atom stereocenters. The van der Waals surface area contributed by atoms with E-state index in [1.165, 1.54) is 19.3 Å². The molecule has 2 N–H and O–H groups in total. The van der Waals surface area contributed by atoms with Crippen LogP contribution >= 0.6 is 0 Å². The summed E-state index contributed by atoms with van der Waals surface area (Å²) in [5.74, 6) is 0. The molecule has 106 valence electrons. The second-order valence-electron chi connectivity index (χ2n) is 5.14. The Balaban J connectivity index is 2.14. The first-order valence-corrected chi connectivity index (χ1v) is 7.43. The normalized spacial score (nSPS) is 18.3. The predicted molar refractivity (Wildman–Crippen MR) is 73.7 cm³/mol. The molecule has 18 heavy (non-hydrogen) atoms. The van der Waals surface area contributed by atoms with Gasteiger partial charge in [0, 0.05) is 12.1 Å². The van der Waals surface area contributed by atoms with Crippen molar-refractivity contribution in [3.63, 3.8) is 0 Å². The van der Waals surface area contributed by atoms with Crippen molar-refractivity contribution in [2.45, 2.75) is 70.9 Å². The third-order valence-corrected chi connectivity index (χ3v) is 3.52. The van der Waals surface area contributed by atoms with Gasteiger partial charge in [-0.3, -0.25) is 0 Å². The summed E-state index contributed by atoms with van der Waals surface area (Å²) in [6, 6.07) is 0.608. The lowest BCUT2D eigenvalue weighted by Gasteiger charge is -2.23. The second kappa shape index (κ2) is 9.20. The summed E-state index contributed by atoms with van der Waals surface area (Å²) in [5, 5.41) is 6.34. The quantitative estimate of drug-likeness (QED) is 0.736. The Labute approximate surface area is 111 Å². The van der Waals surface area contributed by atoms with Crippen LogP contribution in [0.2, 0.25) is 0 Å². The van der Waals surface area contributed by atoms with Crippen molar-refractivity contribution in [3.8, 4) is 0 Å². The SMILES string of the molecule is CCCNC(CC)COC(=O)NC1CCCCC1. The Morgan fingerprint density at radius 3 is 2.61 bits per heavy atom. The van der Waals surface area contributed by atoms with Crippen molar-refractivity contribution >= 4 is 6.09 Å². The van der Waals surface area contributed by atoms with E-state index in [1.807, 2.05) is 0 Å². The summed E-state index contributed by atoms with van der Waals surface area (Å²) >= 11 is 0. The number of amides is 1. The number of rotatable bonds is 7. The van der Waals surface area contributed by atoms with E-state index in [-0.39, 0.29) is 12.1 Å². The van der Waals surface area contributed by atoms with E-state index >= 15 is 0 Å². The zero-order chi connectivity index (χ0) is 13.2. The van der Waals surface area contributed by atoms with E-state index in [2.05, 4.69) is 24.5 Å². The molecule has 1 atom stereocenters. The zero-order valence-electron chi connectivity index (χ0n) is 11.8. The first kappa shape index (κ1) is 15.3. The monoisotopic (exact) mass is 256 g/mol. The lowest BCUT2D eigenvalue weighted by atomic mass is 9.96. The van der Waals surface area contributed by atoms with Gasteiger partial charge in [-0.2, -0.15) is 0 Å². The fraction of sp³-hybridized carbons (Fsp3) is 0.929. The van der Waals surface area contributed by atoms with Gasteiger partial charge in [-0.05, 0) is 32.2 Å². The van der Waals surface area contributed by atoms with Crippen molar-refractivity contribution < 1.29 is 9.53 Å². The number of carbonyl (C=O) groups is 1. The summed E-state index contributed by atoms with van der Waals surface area (Å²) in [5.41, 5.74) is 0. The predicted octanol–water partition coefficient (Wildman–Crippen LogP) is 2.82. The number of hydrogen-bond donors (Lipinski definition) is 2. The number of ether oxygens (including phenoxy) is 1. The molecule has 1 fully saturated rings. The van der Waals surface area contributed by atoms with E-state index in [4.69, 9.17) is 4.74 Å². The van der Waals surface area contributed by atoms with E-state index < -0.39 is 0 Å². The van der Waals surface area contributed by atoms with Gasteiger partial charge in [0.25, 0.3) is 0 Å². The lowest BCUT2D eigenvalue weighted by Crippen LogP contribution is -2.40. The molecule has 4 nitrogen and oxygen atoms in total. The number of nitrogens with one attached hydrogen (secondary N) is 2. The van der Waals surface area contributed by atoms with Gasteiger partial charge in [0.2, 0.25) is 0 Å². The standard InChI is InChI=1S/C14H28N2O2/c1-3-10-15-12(4-2)11-18-14(17)16-13-8-6-5-7-9-13/h12-13,15H,3-11H2,1-2H3,(H,16,17). The van der Waals surface area contributed by atoms with Gasteiger partial charge in [-0.25, -0.2) is 4.79 Å². The van der Waals surface area contributed by atoms with Crippen LogP contribution in [0.3, 0.4) is 0 Å². The van der Waals surface area contributed by atoms with E-state index in [0.29, 0.717) is 12.6 Å². The third kappa shape index (κ3) is 6.24. The summed E-state index contributed by atoms with van der Waals surface area (Å²) < 4.78 is 5.28. The van der Waals surface area contributed by atoms with Crippen LogP contribution in [0.25, 0.3) is 0 Å². The van der Waals surface area contributed by atoms with Crippen LogP contribution < -0.4 is 10.6 Å². The topological polar surface area (TPSA) is 50.4 Å². The van der Waals surface area contributed by atoms with Gasteiger partial charge >= 0.3 is 6.09 Å². The van der Waals surface area contributed by atoms with Crippen molar-refractivity contribution in [1.29, 1.82) is 0 Å². The molecule has 0 radical (unpaired) electrons. The van der Waals surface area contributed by atoms with Crippen LogP contribution in [-0.4, -0.2) is 31.3 Å². The minimum atomic E-state index is -0.251. The molecular formula is C14H28N2O2. The largest absolute Gasteiger partial charge is 0.448 e. The summed E-state index contributed by atoms with van der Waals surface area (Å²) in [7, 11) is 0. The Hall–Kier alpha value is -0.770. The summed E-state index contributed by atoms with van der Waals surface area (Å²) in [6.45, 7) is 5.69. The third-order valence-electron chi connectivity index (χ3n) is 3.52. The maximum atomic E-state index is 11.6. The highest BCUT2D eigenvalue weighted by atomic mass is 16.5. The maximum absolute atomic E-state index is 11.6. The number of alkyl carbamates (subject to hydrolysis) is 1. The molecule has 1 aliphatic rings. The van der Waals surface area contributed by atoms with Crippen LogP contribution in [0.1, 0.15) is 58.8 Å². The molecule has 0 saturated heterocycles. The van der Waals surface area contributed by atoms with Crippen molar-refractivity contribution in [2.75, 3.05) is 13.2 Å². The molecule has 0 aromatic carbocycles. The highest BCUT2D eigenvalue weighted by Gasteiger charge is 2.17. The molecule has 1 amide bonds. The minimum Gasteiger partial charge on any atom is -0.448 e. The molecule has 1 saturated carbocycles. The Bertz CT molecular complexity index is 228. The van der Waals surface area contributed by atoms with Gasteiger partial charge in [0.1, 0.15) is 6.61 Å². The molecule has 0 aromatic rings. The van der Waals surface area contributed by atoms with Gasteiger partial charge in [0.15, 0.2) is 0 Å². The second-order valence-corrected chi connectivity index (χ2v) is 5.14. The molecule has 0 aromatic heterocycles. The highest BCUT2D eigenvalue weighted by Crippen LogP contribution is 2.17. The van der Waals surface area contributed by atoms with Crippen LogP contribution in [0.4, 0.5) is 4.79 Å². The molecule has 4 heteroatoms. The van der Waals surface area contributed by atoms with Gasteiger partial charge < -0.3 is 15.4 Å². The fourth-order valence-electron chi connectivity index (χ4n) is 2.30. The van der Waals surface area contributed by atoms with Gasteiger partial charge in [0.05, 0.1) is 0 Å². The van der Waals surface area contributed by atoms with Gasteiger partial charge in [-0.1, -0.05) is 33.1 Å². The number of carbonyl (C=O) groups excluding carboxylic acids is 1.